The van der Waals surface area contributed by atoms with Crippen molar-refractivity contribution < 1.29 is 4.79 Å². The normalized spacial score (nSPS) is 18.1. The Morgan fingerprint density at radius 2 is 1.80 bits per heavy atom. The average molecular weight is 266 g/mol. The lowest BCUT2D eigenvalue weighted by atomic mass is 10.1. The molecule has 20 heavy (non-hydrogen) atoms. The molecule has 2 aromatic rings. The van der Waals surface area contributed by atoms with Crippen LogP contribution in [0.4, 0.5) is 11.4 Å². The van der Waals surface area contributed by atoms with Crippen LogP contribution in [0, 0.1) is 5.92 Å². The van der Waals surface area contributed by atoms with E-state index in [0.717, 1.165) is 24.5 Å². The van der Waals surface area contributed by atoms with E-state index < -0.39 is 0 Å². The topological polar surface area (TPSA) is 32.3 Å². The Bertz CT molecular complexity index is 609. The van der Waals surface area contributed by atoms with Gasteiger partial charge in [0.2, 0.25) is 5.91 Å². The zero-order valence-corrected chi connectivity index (χ0v) is 11.5. The first kappa shape index (κ1) is 12.7. The van der Waals surface area contributed by atoms with Crippen LogP contribution in [-0.4, -0.2) is 12.5 Å². The summed E-state index contributed by atoms with van der Waals surface area (Å²) in [6.07, 6.45) is 0. The first-order valence-electron chi connectivity index (χ1n) is 6.93. The molecule has 0 unspecified atom stereocenters. The van der Waals surface area contributed by atoms with Crippen molar-refractivity contribution in [3.63, 3.8) is 0 Å². The van der Waals surface area contributed by atoms with E-state index in [1.54, 1.807) is 0 Å². The van der Waals surface area contributed by atoms with Crippen LogP contribution in [0.1, 0.15) is 12.5 Å². The van der Waals surface area contributed by atoms with Crippen LogP contribution < -0.4 is 10.2 Å². The minimum absolute atomic E-state index is 0.0221. The maximum atomic E-state index is 12.0. The molecule has 0 fully saturated rings. The Morgan fingerprint density at radius 3 is 2.60 bits per heavy atom. The molecule has 0 saturated heterocycles. The third-order valence-corrected chi connectivity index (χ3v) is 3.66. The van der Waals surface area contributed by atoms with E-state index in [1.807, 2.05) is 43.3 Å². The molecule has 1 aliphatic rings. The van der Waals surface area contributed by atoms with E-state index in [4.69, 9.17) is 0 Å². The van der Waals surface area contributed by atoms with Crippen LogP contribution in [0.3, 0.4) is 0 Å². The van der Waals surface area contributed by atoms with Crippen LogP contribution in [0.25, 0.3) is 0 Å². The second-order valence-corrected chi connectivity index (χ2v) is 5.27. The number of fused-ring (bicyclic) bond motifs is 1. The van der Waals surface area contributed by atoms with Gasteiger partial charge in [-0.15, -0.1) is 0 Å². The number of benzene rings is 2. The number of carbonyl (C=O) groups excluding carboxylic acids is 1. The Balaban J connectivity index is 1.94. The van der Waals surface area contributed by atoms with Crippen LogP contribution in [0.15, 0.2) is 54.6 Å². The molecule has 0 bridgehead atoms. The number of nitrogens with zero attached hydrogens (tertiary/aromatic N) is 1. The molecule has 1 N–H and O–H groups in total. The lowest BCUT2D eigenvalue weighted by Gasteiger charge is -2.25. The predicted octanol–water partition coefficient (Wildman–Crippen LogP) is 3.28. The molecule has 0 saturated carbocycles. The zero-order chi connectivity index (χ0) is 13.9. The smallest absolute Gasteiger partial charge is 0.229 e. The Morgan fingerprint density at radius 1 is 1.10 bits per heavy atom. The summed E-state index contributed by atoms with van der Waals surface area (Å²) in [7, 11) is 0. The first-order valence-corrected chi connectivity index (χ1v) is 6.93. The highest BCUT2D eigenvalue weighted by Crippen LogP contribution is 2.30. The summed E-state index contributed by atoms with van der Waals surface area (Å²) in [6.45, 7) is 3.52. The van der Waals surface area contributed by atoms with E-state index in [-0.39, 0.29) is 11.8 Å². The lowest BCUT2D eigenvalue weighted by Crippen LogP contribution is -2.30. The number of nitrogens with one attached hydrogen (secondary N) is 1. The lowest BCUT2D eigenvalue weighted by molar-refractivity contribution is -0.119. The summed E-state index contributed by atoms with van der Waals surface area (Å²) in [6, 6.07) is 18.3. The summed E-state index contributed by atoms with van der Waals surface area (Å²) in [5, 5.41) is 3.01. The number of hydrogen-bond acceptors (Lipinski definition) is 2. The Hall–Kier alpha value is -2.29. The van der Waals surface area contributed by atoms with Gasteiger partial charge in [-0.25, -0.2) is 0 Å². The number of para-hydroxylation sites is 2. The van der Waals surface area contributed by atoms with E-state index in [9.17, 15) is 4.79 Å². The number of anilines is 2. The molecular formula is C17H18N2O. The highest BCUT2D eigenvalue weighted by Gasteiger charge is 2.24. The summed E-state index contributed by atoms with van der Waals surface area (Å²) in [5.41, 5.74) is 3.25. The van der Waals surface area contributed by atoms with Crippen molar-refractivity contribution >= 4 is 17.3 Å². The van der Waals surface area contributed by atoms with Gasteiger partial charge in [0.15, 0.2) is 0 Å². The molecule has 0 aliphatic carbocycles. The largest absolute Gasteiger partial charge is 0.365 e. The van der Waals surface area contributed by atoms with Gasteiger partial charge in [0.25, 0.3) is 0 Å². The molecule has 1 aliphatic heterocycles. The number of hydrogen-bond donors (Lipinski definition) is 1. The zero-order valence-electron chi connectivity index (χ0n) is 11.5. The molecule has 1 atom stereocenters. The van der Waals surface area contributed by atoms with Crippen molar-refractivity contribution in [1.82, 2.24) is 0 Å². The van der Waals surface area contributed by atoms with Crippen LogP contribution in [0.2, 0.25) is 0 Å². The fourth-order valence-electron chi connectivity index (χ4n) is 2.58. The summed E-state index contributed by atoms with van der Waals surface area (Å²) >= 11 is 0. The third-order valence-electron chi connectivity index (χ3n) is 3.66. The van der Waals surface area contributed by atoms with Crippen molar-refractivity contribution in [2.24, 2.45) is 5.92 Å². The van der Waals surface area contributed by atoms with Gasteiger partial charge in [0.05, 0.1) is 17.3 Å². The second kappa shape index (κ2) is 5.37. The second-order valence-electron chi connectivity index (χ2n) is 5.27. The minimum Gasteiger partial charge on any atom is -0.365 e. The van der Waals surface area contributed by atoms with Gasteiger partial charge in [-0.2, -0.15) is 0 Å². The van der Waals surface area contributed by atoms with Gasteiger partial charge >= 0.3 is 0 Å². The molecule has 0 aromatic heterocycles. The molecule has 0 radical (unpaired) electrons. The van der Waals surface area contributed by atoms with Gasteiger partial charge < -0.3 is 10.2 Å². The van der Waals surface area contributed by atoms with E-state index in [2.05, 4.69) is 28.4 Å². The van der Waals surface area contributed by atoms with Gasteiger partial charge in [-0.1, -0.05) is 49.4 Å². The Labute approximate surface area is 119 Å². The predicted molar refractivity (Wildman–Crippen MR) is 81.7 cm³/mol. The average Bonchev–Trinajstić information content (AvgIpc) is 2.58. The summed E-state index contributed by atoms with van der Waals surface area (Å²) in [5.74, 6) is 0.0686. The molecule has 102 valence electrons. The molecule has 0 spiro atoms. The van der Waals surface area contributed by atoms with Crippen LogP contribution >= 0.6 is 0 Å². The SMILES string of the molecule is C[C@@H]1CN(Cc2ccccc2)c2ccccc2NC1=O. The maximum absolute atomic E-state index is 12.0. The van der Waals surface area contributed by atoms with Crippen LogP contribution in [0.5, 0.6) is 0 Å². The Kier molecular flexibility index (Phi) is 3.42. The molecule has 3 heteroatoms. The fraction of sp³-hybridized carbons (Fsp3) is 0.235. The number of rotatable bonds is 2. The minimum atomic E-state index is -0.0221. The van der Waals surface area contributed by atoms with Gasteiger partial charge in [0, 0.05) is 13.1 Å². The fourth-order valence-corrected chi connectivity index (χ4v) is 2.58. The first-order chi connectivity index (χ1) is 9.74. The molecule has 2 aromatic carbocycles. The molecular weight excluding hydrogens is 248 g/mol. The van der Waals surface area contributed by atoms with Crippen molar-refractivity contribution in [3.8, 4) is 0 Å². The van der Waals surface area contributed by atoms with Gasteiger partial charge in [-0.05, 0) is 17.7 Å². The van der Waals surface area contributed by atoms with E-state index in [0.29, 0.717) is 0 Å². The number of amides is 1. The maximum Gasteiger partial charge on any atom is 0.229 e. The third kappa shape index (κ3) is 2.52. The van der Waals surface area contributed by atoms with Crippen LogP contribution in [-0.2, 0) is 11.3 Å². The number of carbonyl (C=O) groups is 1. The quantitative estimate of drug-likeness (QED) is 0.904. The highest BCUT2D eigenvalue weighted by atomic mass is 16.1. The van der Waals surface area contributed by atoms with Crippen molar-refractivity contribution in [2.45, 2.75) is 13.5 Å². The van der Waals surface area contributed by atoms with Gasteiger partial charge in [-0.3, -0.25) is 4.79 Å². The van der Waals surface area contributed by atoms with E-state index >= 15 is 0 Å². The van der Waals surface area contributed by atoms with Gasteiger partial charge in [0.1, 0.15) is 0 Å². The summed E-state index contributed by atoms with van der Waals surface area (Å²) in [4.78, 5) is 14.3. The highest BCUT2D eigenvalue weighted by molar-refractivity contribution is 5.97. The molecule has 1 amide bonds. The standard InChI is InChI=1S/C17H18N2O/c1-13-11-19(12-14-7-3-2-4-8-14)16-10-6-5-9-15(16)18-17(13)20/h2-10,13H,11-12H2,1H3,(H,18,20)/t13-/m1/s1. The van der Waals surface area contributed by atoms with Crippen molar-refractivity contribution in [2.75, 3.05) is 16.8 Å². The molecule has 1 heterocycles. The van der Waals surface area contributed by atoms with E-state index in [1.165, 1.54) is 5.56 Å². The van der Waals surface area contributed by atoms with Crippen molar-refractivity contribution in [3.05, 3.63) is 60.2 Å². The summed E-state index contributed by atoms with van der Waals surface area (Å²) < 4.78 is 0. The molecule has 3 nitrogen and oxygen atoms in total. The molecule has 3 rings (SSSR count). The monoisotopic (exact) mass is 266 g/mol. The van der Waals surface area contributed by atoms with Crippen molar-refractivity contribution in [1.29, 1.82) is 0 Å².